The molecule has 2 N–H and O–H groups in total. The lowest BCUT2D eigenvalue weighted by molar-refractivity contribution is 0.00477. The fourth-order valence-electron chi connectivity index (χ4n) is 5.96. The van der Waals surface area contributed by atoms with Gasteiger partial charge in [0.2, 0.25) is 0 Å². The minimum Gasteiger partial charge on any atom is -0.463 e. The molecule has 3 aromatic heterocycles. The van der Waals surface area contributed by atoms with Gasteiger partial charge in [0.25, 0.3) is 0 Å². The predicted molar refractivity (Wildman–Crippen MR) is 146 cm³/mol. The second kappa shape index (κ2) is 10.8. The summed E-state index contributed by atoms with van der Waals surface area (Å²) in [6.45, 7) is 4.73. The molecule has 1 aliphatic heterocycles. The summed E-state index contributed by atoms with van der Waals surface area (Å²) < 4.78 is 8.49. The predicted octanol–water partition coefficient (Wildman–Crippen LogP) is 4.41. The Hall–Kier alpha value is -4.20. The van der Waals surface area contributed by atoms with Crippen LogP contribution in [-0.2, 0) is 13.1 Å². The molecule has 1 atom stereocenters. The smallest absolute Gasteiger partial charge is 0.432 e. The van der Waals surface area contributed by atoms with E-state index in [9.17, 15) is 15.0 Å². The first-order valence-corrected chi connectivity index (χ1v) is 13.6. The second-order valence-electron chi connectivity index (χ2n) is 11.0. The largest absolute Gasteiger partial charge is 0.463 e. The third kappa shape index (κ3) is 5.43. The van der Waals surface area contributed by atoms with Crippen molar-refractivity contribution in [1.29, 1.82) is 0 Å². The van der Waals surface area contributed by atoms with Crippen molar-refractivity contribution < 1.29 is 19.5 Å². The zero-order valence-corrected chi connectivity index (χ0v) is 22.4. The number of aliphatic hydroxyl groups is 1. The molecule has 0 radical (unpaired) electrons. The van der Waals surface area contributed by atoms with Crippen molar-refractivity contribution in [2.24, 2.45) is 11.3 Å². The Labute approximate surface area is 232 Å². The molecule has 10 heteroatoms. The minimum absolute atomic E-state index is 0.378. The lowest BCUT2D eigenvalue weighted by Crippen LogP contribution is -2.46. The van der Waals surface area contributed by atoms with Crippen LogP contribution in [0.3, 0.4) is 0 Å². The first kappa shape index (κ1) is 26.0. The van der Waals surface area contributed by atoms with E-state index in [4.69, 9.17) is 4.52 Å². The Bertz CT molecular complexity index is 1540. The molecule has 2 aliphatic rings. The number of piperidine rings is 1. The number of benzene rings is 1. The van der Waals surface area contributed by atoms with Crippen LogP contribution in [0.15, 0.2) is 59.5 Å². The Morgan fingerprint density at radius 3 is 2.65 bits per heavy atom. The SMILES string of the molecule is C[C@H](O)c1nccn1Cc1cc(-c2ccc(C#CC3CC4(CCN(Cc5ccnn5C(=O)O)CC4)C3)cc2)on1. The van der Waals surface area contributed by atoms with E-state index in [1.54, 1.807) is 25.4 Å². The van der Waals surface area contributed by atoms with E-state index < -0.39 is 12.2 Å². The van der Waals surface area contributed by atoms with Crippen molar-refractivity contribution in [2.75, 3.05) is 13.1 Å². The highest BCUT2D eigenvalue weighted by molar-refractivity contribution is 5.67. The van der Waals surface area contributed by atoms with Crippen molar-refractivity contribution >= 4 is 6.09 Å². The molecule has 0 bridgehead atoms. The summed E-state index contributed by atoms with van der Waals surface area (Å²) in [5.41, 5.74) is 3.77. The van der Waals surface area contributed by atoms with Gasteiger partial charge in [-0.3, -0.25) is 4.90 Å². The highest BCUT2D eigenvalue weighted by atomic mass is 16.5. The molecule has 1 spiro atoms. The first-order chi connectivity index (χ1) is 19.4. The average molecular weight is 541 g/mol. The molecule has 40 heavy (non-hydrogen) atoms. The zero-order valence-electron chi connectivity index (χ0n) is 22.4. The van der Waals surface area contributed by atoms with Crippen LogP contribution < -0.4 is 0 Å². The van der Waals surface area contributed by atoms with Crippen molar-refractivity contribution in [2.45, 2.75) is 51.8 Å². The molecule has 0 amide bonds. The Morgan fingerprint density at radius 1 is 1.15 bits per heavy atom. The van der Waals surface area contributed by atoms with Crippen LogP contribution in [0.1, 0.15) is 61.5 Å². The Morgan fingerprint density at radius 2 is 1.93 bits per heavy atom. The summed E-state index contributed by atoms with van der Waals surface area (Å²) in [7, 11) is 0. The van der Waals surface area contributed by atoms with Gasteiger partial charge in [-0.25, -0.2) is 9.78 Å². The molecular weight excluding hydrogens is 508 g/mol. The van der Waals surface area contributed by atoms with Gasteiger partial charge in [-0.2, -0.15) is 9.78 Å². The lowest BCUT2D eigenvalue weighted by Gasteiger charge is -2.51. The van der Waals surface area contributed by atoms with Gasteiger partial charge in [0, 0.05) is 48.2 Å². The number of rotatable bonds is 6. The molecule has 2 fully saturated rings. The molecule has 10 nitrogen and oxygen atoms in total. The van der Waals surface area contributed by atoms with Crippen molar-refractivity contribution in [3.05, 3.63) is 77.8 Å². The van der Waals surface area contributed by atoms with Gasteiger partial charge < -0.3 is 19.3 Å². The summed E-state index contributed by atoms with van der Waals surface area (Å²) in [5.74, 6) is 8.52. The van der Waals surface area contributed by atoms with E-state index in [0.717, 1.165) is 66.0 Å². The van der Waals surface area contributed by atoms with Crippen molar-refractivity contribution in [1.82, 2.24) is 29.4 Å². The van der Waals surface area contributed by atoms with Gasteiger partial charge in [0.15, 0.2) is 5.76 Å². The van der Waals surface area contributed by atoms with Gasteiger partial charge in [0.1, 0.15) is 17.6 Å². The number of carbonyl (C=O) groups is 1. The highest BCUT2D eigenvalue weighted by Gasteiger charge is 2.45. The third-order valence-electron chi connectivity index (χ3n) is 8.17. The van der Waals surface area contributed by atoms with E-state index in [1.165, 1.54) is 0 Å². The summed E-state index contributed by atoms with van der Waals surface area (Å²) in [5, 5.41) is 27.2. The minimum atomic E-state index is -1.04. The van der Waals surface area contributed by atoms with Gasteiger partial charge in [-0.15, -0.1) is 0 Å². The number of carboxylic acid groups (broad SMARTS) is 1. The number of imidazole rings is 1. The van der Waals surface area contributed by atoms with E-state index in [0.29, 0.717) is 36.0 Å². The lowest BCUT2D eigenvalue weighted by atomic mass is 9.58. The maximum absolute atomic E-state index is 11.3. The van der Waals surface area contributed by atoms with Crippen LogP contribution in [0, 0.1) is 23.2 Å². The normalized spacial score (nSPS) is 17.8. The number of nitrogens with zero attached hydrogens (tertiary/aromatic N) is 6. The fourth-order valence-corrected chi connectivity index (χ4v) is 5.96. The van der Waals surface area contributed by atoms with Gasteiger partial charge in [0.05, 0.1) is 12.2 Å². The van der Waals surface area contributed by atoms with Crippen LogP contribution in [0.4, 0.5) is 4.79 Å². The molecule has 0 unspecified atom stereocenters. The van der Waals surface area contributed by atoms with Crippen LogP contribution in [0.2, 0.25) is 0 Å². The molecular formula is C30H32N6O4. The van der Waals surface area contributed by atoms with E-state index >= 15 is 0 Å². The molecule has 1 aliphatic carbocycles. The summed E-state index contributed by atoms with van der Waals surface area (Å²) in [4.78, 5) is 17.8. The fraction of sp³-hybridized carbons (Fsp3) is 0.400. The Kier molecular flexibility index (Phi) is 7.00. The van der Waals surface area contributed by atoms with Crippen molar-refractivity contribution in [3.63, 3.8) is 0 Å². The number of hydrogen-bond acceptors (Lipinski definition) is 7. The molecule has 4 aromatic rings. The van der Waals surface area contributed by atoms with Crippen molar-refractivity contribution in [3.8, 4) is 23.2 Å². The van der Waals surface area contributed by atoms with Crippen LogP contribution in [-0.4, -0.2) is 58.8 Å². The van der Waals surface area contributed by atoms with Crippen LogP contribution in [0.25, 0.3) is 11.3 Å². The first-order valence-electron chi connectivity index (χ1n) is 13.6. The van der Waals surface area contributed by atoms with E-state index in [-0.39, 0.29) is 0 Å². The monoisotopic (exact) mass is 540 g/mol. The number of hydrogen-bond donors (Lipinski definition) is 2. The second-order valence-corrected chi connectivity index (χ2v) is 11.0. The summed E-state index contributed by atoms with van der Waals surface area (Å²) in [6, 6.07) is 11.7. The van der Waals surface area contributed by atoms with E-state index in [2.05, 4.69) is 32.0 Å². The standard InChI is InChI=1S/C30H32N6O4/c1-21(37)28-31-12-15-35(28)19-25-16-27(40-33-25)24-6-4-22(5-7-24)2-3-23-17-30(18-23)9-13-34(14-10-30)20-26-8-11-32-36(26)29(38)39/h4-8,11-12,15-16,21,23,37H,9-10,13-14,17-20H2,1H3,(H,38,39)/t21-/m0/s1. The number of aliphatic hydroxyl groups excluding tert-OH is 1. The van der Waals surface area contributed by atoms with Gasteiger partial charge in [-0.05, 0) is 81.4 Å². The average Bonchev–Trinajstić information content (AvgIpc) is 3.69. The quantitative estimate of drug-likeness (QED) is 0.345. The molecule has 6 rings (SSSR count). The van der Waals surface area contributed by atoms with Gasteiger partial charge >= 0.3 is 6.09 Å². The summed E-state index contributed by atoms with van der Waals surface area (Å²) >= 11 is 0. The molecule has 4 heterocycles. The van der Waals surface area contributed by atoms with E-state index in [1.807, 2.05) is 41.1 Å². The molecule has 206 valence electrons. The maximum atomic E-state index is 11.3. The molecule has 1 saturated heterocycles. The highest BCUT2D eigenvalue weighted by Crippen LogP contribution is 2.52. The maximum Gasteiger partial charge on any atom is 0.432 e. The third-order valence-corrected chi connectivity index (χ3v) is 8.17. The molecule has 1 saturated carbocycles. The van der Waals surface area contributed by atoms with Crippen LogP contribution >= 0.6 is 0 Å². The van der Waals surface area contributed by atoms with Gasteiger partial charge in [-0.1, -0.05) is 17.0 Å². The zero-order chi connectivity index (χ0) is 27.7. The topological polar surface area (TPSA) is 122 Å². The number of likely N-dealkylation sites (tertiary alicyclic amines) is 1. The molecule has 1 aromatic carbocycles. The Balaban J connectivity index is 0.993. The number of aromatic nitrogens is 5. The summed E-state index contributed by atoms with van der Waals surface area (Å²) in [6.07, 6.45) is 7.86. The van der Waals surface area contributed by atoms with Crippen LogP contribution in [0.5, 0.6) is 0 Å².